The molecule has 7 nitrogen and oxygen atoms in total. The molecule has 1 saturated carbocycles. The predicted molar refractivity (Wildman–Crippen MR) is 109 cm³/mol. The van der Waals surface area contributed by atoms with Gasteiger partial charge in [-0.15, -0.1) is 10.2 Å². The van der Waals surface area contributed by atoms with Crippen molar-refractivity contribution in [2.24, 2.45) is 12.0 Å². The summed E-state index contributed by atoms with van der Waals surface area (Å²) < 4.78 is 7.80. The van der Waals surface area contributed by atoms with Crippen LogP contribution in [0.4, 0.5) is 0 Å². The first-order valence-electron chi connectivity index (χ1n) is 10.3. The normalized spacial score (nSPS) is 20.4. The molecule has 1 aromatic heterocycles. The summed E-state index contributed by atoms with van der Waals surface area (Å²) in [4.78, 5) is 4.86. The molecule has 1 aromatic carbocycles. The van der Waals surface area contributed by atoms with Crippen molar-refractivity contribution in [1.29, 1.82) is 0 Å². The van der Waals surface area contributed by atoms with E-state index in [-0.39, 0.29) is 6.04 Å². The zero-order chi connectivity index (χ0) is 19.3. The number of nitrogens with zero attached hydrogens (tertiary/aromatic N) is 4. The first-order valence-corrected chi connectivity index (χ1v) is 10.3. The maximum Gasteiger partial charge on any atom is 0.192 e. The van der Waals surface area contributed by atoms with Crippen LogP contribution in [0.15, 0.2) is 29.3 Å². The molecule has 2 aromatic rings. The van der Waals surface area contributed by atoms with Crippen LogP contribution in [0.3, 0.4) is 0 Å². The Morgan fingerprint density at radius 2 is 1.96 bits per heavy atom. The van der Waals surface area contributed by atoms with Crippen molar-refractivity contribution in [2.45, 2.75) is 64.1 Å². The molecular formula is C21H30N6O. The molecule has 0 amide bonds. The van der Waals surface area contributed by atoms with Gasteiger partial charge < -0.3 is 19.9 Å². The van der Waals surface area contributed by atoms with Gasteiger partial charge in [0.1, 0.15) is 18.1 Å². The average molecular weight is 383 g/mol. The Labute approximate surface area is 166 Å². The minimum absolute atomic E-state index is 0.195. The molecule has 1 unspecified atom stereocenters. The molecule has 0 spiro atoms. The van der Waals surface area contributed by atoms with Gasteiger partial charge in [-0.05, 0) is 25.8 Å². The summed E-state index contributed by atoms with van der Waals surface area (Å²) in [5.74, 6) is 3.59. The highest BCUT2D eigenvalue weighted by molar-refractivity contribution is 5.80. The second kappa shape index (κ2) is 8.63. The van der Waals surface area contributed by atoms with Crippen molar-refractivity contribution in [3.8, 4) is 5.75 Å². The van der Waals surface area contributed by atoms with Crippen molar-refractivity contribution in [1.82, 2.24) is 25.4 Å². The Balaban J connectivity index is 1.52. The Kier molecular flexibility index (Phi) is 5.78. The van der Waals surface area contributed by atoms with Gasteiger partial charge in [-0.1, -0.05) is 37.5 Å². The minimum atomic E-state index is 0.195. The van der Waals surface area contributed by atoms with E-state index in [1.807, 2.05) is 30.7 Å². The fourth-order valence-electron chi connectivity index (χ4n) is 3.97. The summed E-state index contributed by atoms with van der Waals surface area (Å²) in [5, 5.41) is 15.7. The fraction of sp³-hybridized carbons (Fsp3) is 0.571. The van der Waals surface area contributed by atoms with Gasteiger partial charge >= 0.3 is 0 Å². The maximum absolute atomic E-state index is 5.81. The van der Waals surface area contributed by atoms with E-state index in [4.69, 9.17) is 9.73 Å². The first-order chi connectivity index (χ1) is 13.7. The highest BCUT2D eigenvalue weighted by Gasteiger charge is 2.23. The Morgan fingerprint density at radius 3 is 2.75 bits per heavy atom. The number of hydrogen-bond donors (Lipinski definition) is 2. The number of ether oxygens (including phenoxy) is 1. The number of hydrogen-bond acceptors (Lipinski definition) is 4. The Morgan fingerprint density at radius 1 is 1.14 bits per heavy atom. The molecule has 0 saturated heterocycles. The third-order valence-electron chi connectivity index (χ3n) is 5.78. The second-order valence-electron chi connectivity index (χ2n) is 7.74. The number of aryl methyl sites for hydroxylation is 1. The molecule has 28 heavy (non-hydrogen) atoms. The van der Waals surface area contributed by atoms with Gasteiger partial charge in [0.2, 0.25) is 0 Å². The molecule has 1 fully saturated rings. The SMILES string of the molecule is Cc1nnc(CN=C(NC2CCCCC2)NC2CCOc3ccccc32)n1C. The van der Waals surface area contributed by atoms with E-state index in [9.17, 15) is 0 Å². The van der Waals surface area contributed by atoms with Crippen LogP contribution >= 0.6 is 0 Å². The van der Waals surface area contributed by atoms with Gasteiger partial charge in [0.15, 0.2) is 11.8 Å². The van der Waals surface area contributed by atoms with E-state index in [1.165, 1.54) is 37.7 Å². The van der Waals surface area contributed by atoms with Gasteiger partial charge in [0.05, 0.1) is 12.6 Å². The Bertz CT molecular complexity index is 824. The number of fused-ring (bicyclic) bond motifs is 1. The molecule has 1 aliphatic carbocycles. The van der Waals surface area contributed by atoms with Crippen LogP contribution in [0.2, 0.25) is 0 Å². The summed E-state index contributed by atoms with van der Waals surface area (Å²) in [7, 11) is 1.98. The van der Waals surface area contributed by atoms with Crippen LogP contribution < -0.4 is 15.4 Å². The zero-order valence-electron chi connectivity index (χ0n) is 16.8. The molecule has 2 aliphatic rings. The molecule has 0 radical (unpaired) electrons. The van der Waals surface area contributed by atoms with Gasteiger partial charge in [-0.2, -0.15) is 0 Å². The van der Waals surface area contributed by atoms with E-state index < -0.39 is 0 Å². The molecule has 2 heterocycles. The van der Waals surface area contributed by atoms with Crippen molar-refractivity contribution in [3.63, 3.8) is 0 Å². The van der Waals surface area contributed by atoms with Gasteiger partial charge in [0.25, 0.3) is 0 Å². The minimum Gasteiger partial charge on any atom is -0.493 e. The molecule has 2 N–H and O–H groups in total. The first kappa shape index (κ1) is 18.8. The van der Waals surface area contributed by atoms with Crippen molar-refractivity contribution in [2.75, 3.05) is 6.61 Å². The van der Waals surface area contributed by atoms with Crippen molar-refractivity contribution in [3.05, 3.63) is 41.5 Å². The van der Waals surface area contributed by atoms with Crippen LogP contribution in [-0.4, -0.2) is 33.4 Å². The van der Waals surface area contributed by atoms with E-state index in [1.54, 1.807) is 0 Å². The maximum atomic E-state index is 5.81. The highest BCUT2D eigenvalue weighted by Crippen LogP contribution is 2.31. The molecular weight excluding hydrogens is 352 g/mol. The molecule has 0 bridgehead atoms. The van der Waals surface area contributed by atoms with E-state index in [0.29, 0.717) is 19.2 Å². The molecule has 4 rings (SSSR count). The van der Waals surface area contributed by atoms with Crippen molar-refractivity contribution >= 4 is 5.96 Å². The van der Waals surface area contributed by atoms with Crippen LogP contribution in [0.1, 0.15) is 61.8 Å². The molecule has 1 atom stereocenters. The van der Waals surface area contributed by atoms with Crippen LogP contribution in [0.5, 0.6) is 5.75 Å². The number of guanidine groups is 1. The number of rotatable bonds is 4. The Hall–Kier alpha value is -2.57. The monoisotopic (exact) mass is 382 g/mol. The molecule has 150 valence electrons. The topological polar surface area (TPSA) is 76.4 Å². The smallest absolute Gasteiger partial charge is 0.192 e. The van der Waals surface area contributed by atoms with Crippen LogP contribution in [0, 0.1) is 6.92 Å². The standard InChI is InChI=1S/C21H30N6O/c1-15-25-26-20(27(15)2)14-22-21(23-16-8-4-3-5-9-16)24-18-12-13-28-19-11-7-6-10-17(18)19/h6-7,10-11,16,18H,3-5,8-9,12-14H2,1-2H3,(H2,22,23,24). The summed E-state index contributed by atoms with van der Waals surface area (Å²) in [6.45, 7) is 3.18. The van der Waals surface area contributed by atoms with E-state index in [2.05, 4.69) is 33.0 Å². The summed E-state index contributed by atoms with van der Waals surface area (Å²) in [6.07, 6.45) is 7.23. The predicted octanol–water partition coefficient (Wildman–Crippen LogP) is 3.02. The van der Waals surface area contributed by atoms with E-state index in [0.717, 1.165) is 29.8 Å². The lowest BCUT2D eigenvalue weighted by atomic mass is 9.95. The number of aromatic nitrogens is 3. The van der Waals surface area contributed by atoms with E-state index >= 15 is 0 Å². The molecule has 7 heteroatoms. The average Bonchev–Trinajstić information content (AvgIpc) is 3.05. The lowest BCUT2D eigenvalue weighted by Crippen LogP contribution is -2.46. The summed E-state index contributed by atoms with van der Waals surface area (Å²) >= 11 is 0. The highest BCUT2D eigenvalue weighted by atomic mass is 16.5. The largest absolute Gasteiger partial charge is 0.493 e. The van der Waals surface area contributed by atoms with Crippen LogP contribution in [-0.2, 0) is 13.6 Å². The second-order valence-corrected chi connectivity index (χ2v) is 7.74. The lowest BCUT2D eigenvalue weighted by molar-refractivity contribution is 0.261. The van der Waals surface area contributed by atoms with Crippen molar-refractivity contribution < 1.29 is 4.74 Å². The van der Waals surface area contributed by atoms with Gasteiger partial charge in [-0.25, -0.2) is 4.99 Å². The third-order valence-corrected chi connectivity index (χ3v) is 5.78. The fourth-order valence-corrected chi connectivity index (χ4v) is 3.97. The number of para-hydroxylation sites is 1. The number of aliphatic imine (C=N–C) groups is 1. The molecule has 1 aliphatic heterocycles. The van der Waals surface area contributed by atoms with Gasteiger partial charge in [-0.3, -0.25) is 0 Å². The summed E-state index contributed by atoms with van der Waals surface area (Å²) in [5.41, 5.74) is 1.20. The van der Waals surface area contributed by atoms with Gasteiger partial charge in [0, 0.05) is 25.1 Å². The lowest BCUT2D eigenvalue weighted by Gasteiger charge is -2.30. The van der Waals surface area contributed by atoms with Crippen LogP contribution in [0.25, 0.3) is 0 Å². The number of benzene rings is 1. The third kappa shape index (κ3) is 4.29. The quantitative estimate of drug-likeness (QED) is 0.628. The zero-order valence-corrected chi connectivity index (χ0v) is 16.8. The summed E-state index contributed by atoms with van der Waals surface area (Å²) in [6, 6.07) is 8.94. The number of nitrogens with one attached hydrogen (secondary N) is 2.